The Balaban J connectivity index is 1.71. The quantitative estimate of drug-likeness (QED) is 0.874. The molecule has 1 aromatic carbocycles. The van der Waals surface area contributed by atoms with Crippen LogP contribution in [0.5, 0.6) is 5.88 Å². The normalized spacial score (nSPS) is 13.8. The average Bonchev–Trinajstić information content (AvgIpc) is 3.26. The van der Waals surface area contributed by atoms with E-state index in [0.717, 1.165) is 5.92 Å². The molecule has 1 heterocycles. The maximum Gasteiger partial charge on any atom is 0.252 e. The van der Waals surface area contributed by atoms with Crippen molar-refractivity contribution in [2.75, 3.05) is 12.4 Å². The van der Waals surface area contributed by atoms with Crippen molar-refractivity contribution in [2.45, 2.75) is 25.3 Å². The third-order valence-corrected chi connectivity index (χ3v) is 3.51. The number of hydrogen-bond acceptors (Lipinski definition) is 4. The van der Waals surface area contributed by atoms with E-state index < -0.39 is 0 Å². The number of nitrogens with zero attached hydrogens (tertiary/aromatic N) is 2. The summed E-state index contributed by atoms with van der Waals surface area (Å²) in [7, 11) is 1.50. The molecular formula is C15H16N4O. The third-order valence-electron chi connectivity index (χ3n) is 3.51. The van der Waals surface area contributed by atoms with Crippen LogP contribution >= 0.6 is 0 Å². The molecule has 5 heteroatoms. The number of nitrogens with one attached hydrogen (secondary N) is 2. The van der Waals surface area contributed by atoms with E-state index in [4.69, 9.17) is 10.00 Å². The van der Waals surface area contributed by atoms with Gasteiger partial charge in [-0.1, -0.05) is 24.3 Å². The van der Waals surface area contributed by atoms with Crippen molar-refractivity contribution in [3.63, 3.8) is 0 Å². The molecule has 0 atom stereocenters. The van der Waals surface area contributed by atoms with Crippen molar-refractivity contribution in [3.8, 4) is 11.9 Å². The number of H-pyrrole nitrogens is 1. The molecule has 3 rings (SSSR count). The van der Waals surface area contributed by atoms with E-state index in [0.29, 0.717) is 23.8 Å². The summed E-state index contributed by atoms with van der Waals surface area (Å²) in [6.07, 6.45) is 2.60. The SMILES string of the molecule is COc1n[nH]c(NCc2cccc(C3CC3)c2)c1C#N. The highest BCUT2D eigenvalue weighted by Gasteiger charge is 2.23. The average molecular weight is 268 g/mol. The van der Waals surface area contributed by atoms with Crippen LogP contribution in [-0.4, -0.2) is 17.3 Å². The Morgan fingerprint density at radius 2 is 2.35 bits per heavy atom. The molecule has 0 bridgehead atoms. The molecule has 1 aliphatic carbocycles. The van der Waals surface area contributed by atoms with Gasteiger partial charge in [-0.2, -0.15) is 5.26 Å². The zero-order valence-electron chi connectivity index (χ0n) is 11.3. The minimum absolute atomic E-state index is 0.321. The maximum absolute atomic E-state index is 9.11. The highest BCUT2D eigenvalue weighted by atomic mass is 16.5. The number of methoxy groups -OCH3 is 1. The van der Waals surface area contributed by atoms with Crippen LogP contribution in [0.3, 0.4) is 0 Å². The number of anilines is 1. The van der Waals surface area contributed by atoms with Crippen LogP contribution in [0.2, 0.25) is 0 Å². The standard InChI is InChI=1S/C15H16N4O/c1-20-15-13(8-16)14(18-19-15)17-9-10-3-2-4-12(7-10)11-5-6-11/h2-4,7,11H,5-6,9H2,1H3,(H2,17,18,19). The number of aromatic amines is 1. The van der Waals surface area contributed by atoms with E-state index >= 15 is 0 Å². The van der Waals surface area contributed by atoms with Crippen LogP contribution in [0.15, 0.2) is 24.3 Å². The van der Waals surface area contributed by atoms with Gasteiger partial charge in [0.05, 0.1) is 7.11 Å². The molecule has 1 aliphatic rings. The molecule has 0 amide bonds. The van der Waals surface area contributed by atoms with Crippen molar-refractivity contribution in [2.24, 2.45) is 0 Å². The molecule has 5 nitrogen and oxygen atoms in total. The lowest BCUT2D eigenvalue weighted by atomic mass is 10.1. The highest BCUT2D eigenvalue weighted by molar-refractivity contribution is 5.57. The van der Waals surface area contributed by atoms with Gasteiger partial charge in [0, 0.05) is 6.54 Å². The van der Waals surface area contributed by atoms with Gasteiger partial charge in [-0.3, -0.25) is 5.10 Å². The summed E-state index contributed by atoms with van der Waals surface area (Å²) < 4.78 is 5.02. The number of nitriles is 1. The second kappa shape index (κ2) is 5.25. The Morgan fingerprint density at radius 1 is 1.50 bits per heavy atom. The molecule has 0 aliphatic heterocycles. The lowest BCUT2D eigenvalue weighted by Gasteiger charge is -2.06. The van der Waals surface area contributed by atoms with Crippen molar-refractivity contribution < 1.29 is 4.74 Å². The lowest BCUT2D eigenvalue weighted by Crippen LogP contribution is -2.01. The molecule has 2 aromatic rings. The summed E-state index contributed by atoms with van der Waals surface area (Å²) in [5.41, 5.74) is 3.02. The summed E-state index contributed by atoms with van der Waals surface area (Å²) in [6, 6.07) is 10.7. The first-order valence-corrected chi connectivity index (χ1v) is 6.67. The van der Waals surface area contributed by atoms with Gasteiger partial charge in [-0.25, -0.2) is 0 Å². The predicted octanol–water partition coefficient (Wildman–Crippen LogP) is 2.78. The van der Waals surface area contributed by atoms with Gasteiger partial charge >= 0.3 is 0 Å². The van der Waals surface area contributed by atoms with E-state index in [-0.39, 0.29) is 0 Å². The summed E-state index contributed by atoms with van der Waals surface area (Å²) in [5, 5.41) is 19.0. The van der Waals surface area contributed by atoms with Crippen molar-refractivity contribution in [3.05, 3.63) is 41.0 Å². The van der Waals surface area contributed by atoms with Crippen LogP contribution in [0, 0.1) is 11.3 Å². The molecule has 2 N–H and O–H groups in total. The third kappa shape index (κ3) is 2.45. The van der Waals surface area contributed by atoms with Crippen LogP contribution in [0.1, 0.15) is 35.4 Å². The monoisotopic (exact) mass is 268 g/mol. The van der Waals surface area contributed by atoms with Crippen LogP contribution < -0.4 is 10.1 Å². The first-order chi connectivity index (χ1) is 9.81. The molecule has 0 radical (unpaired) electrons. The number of ether oxygens (including phenoxy) is 1. The topological polar surface area (TPSA) is 73.7 Å². The summed E-state index contributed by atoms with van der Waals surface area (Å²) in [4.78, 5) is 0. The van der Waals surface area contributed by atoms with E-state index in [9.17, 15) is 0 Å². The first kappa shape index (κ1) is 12.5. The Labute approximate surface area is 117 Å². The fourth-order valence-electron chi connectivity index (χ4n) is 2.27. The number of rotatable bonds is 5. The second-order valence-electron chi connectivity index (χ2n) is 4.97. The number of aromatic nitrogens is 2. The number of benzene rings is 1. The minimum Gasteiger partial charge on any atom is -0.479 e. The lowest BCUT2D eigenvalue weighted by molar-refractivity contribution is 0.396. The summed E-state index contributed by atoms with van der Waals surface area (Å²) in [5.74, 6) is 1.67. The van der Waals surface area contributed by atoms with E-state index in [1.807, 2.05) is 0 Å². The van der Waals surface area contributed by atoms with Gasteiger partial charge in [0.2, 0.25) is 0 Å². The molecule has 0 spiro atoms. The largest absolute Gasteiger partial charge is 0.479 e. The Kier molecular flexibility index (Phi) is 3.30. The van der Waals surface area contributed by atoms with Crippen LogP contribution in [0.4, 0.5) is 5.82 Å². The summed E-state index contributed by atoms with van der Waals surface area (Å²) in [6.45, 7) is 0.653. The molecule has 0 unspecified atom stereocenters. The van der Waals surface area contributed by atoms with Gasteiger partial charge in [0.1, 0.15) is 11.9 Å². The smallest absolute Gasteiger partial charge is 0.252 e. The highest BCUT2D eigenvalue weighted by Crippen LogP contribution is 2.40. The Morgan fingerprint density at radius 3 is 3.05 bits per heavy atom. The molecule has 0 saturated heterocycles. The Bertz CT molecular complexity index is 652. The van der Waals surface area contributed by atoms with Gasteiger partial charge in [0.25, 0.3) is 5.88 Å². The molecule has 1 fully saturated rings. The Hall–Kier alpha value is -2.48. The van der Waals surface area contributed by atoms with Crippen molar-refractivity contribution >= 4 is 5.82 Å². The van der Waals surface area contributed by atoms with Crippen LogP contribution in [-0.2, 0) is 6.54 Å². The second-order valence-corrected chi connectivity index (χ2v) is 4.97. The van der Waals surface area contributed by atoms with E-state index in [1.165, 1.54) is 31.1 Å². The minimum atomic E-state index is 0.321. The van der Waals surface area contributed by atoms with E-state index in [2.05, 4.69) is 45.8 Å². The zero-order valence-corrected chi connectivity index (χ0v) is 11.3. The molecule has 102 valence electrons. The predicted molar refractivity (Wildman–Crippen MR) is 75.6 cm³/mol. The van der Waals surface area contributed by atoms with Crippen molar-refractivity contribution in [1.82, 2.24) is 10.2 Å². The first-order valence-electron chi connectivity index (χ1n) is 6.67. The fraction of sp³-hybridized carbons (Fsp3) is 0.333. The van der Waals surface area contributed by atoms with Crippen LogP contribution in [0.25, 0.3) is 0 Å². The molecule has 20 heavy (non-hydrogen) atoms. The summed E-state index contributed by atoms with van der Waals surface area (Å²) >= 11 is 0. The molecular weight excluding hydrogens is 252 g/mol. The molecule has 1 aromatic heterocycles. The van der Waals surface area contributed by atoms with Gasteiger partial charge < -0.3 is 10.1 Å². The van der Waals surface area contributed by atoms with E-state index in [1.54, 1.807) is 0 Å². The van der Waals surface area contributed by atoms with Gasteiger partial charge in [0.15, 0.2) is 5.56 Å². The zero-order chi connectivity index (χ0) is 13.9. The fourth-order valence-corrected chi connectivity index (χ4v) is 2.27. The number of hydrogen-bond donors (Lipinski definition) is 2. The van der Waals surface area contributed by atoms with Crippen molar-refractivity contribution in [1.29, 1.82) is 5.26 Å². The molecule has 1 saturated carbocycles. The maximum atomic E-state index is 9.11. The van der Waals surface area contributed by atoms with Gasteiger partial charge in [-0.15, -0.1) is 5.10 Å². The van der Waals surface area contributed by atoms with Gasteiger partial charge in [-0.05, 0) is 29.9 Å².